The summed E-state index contributed by atoms with van der Waals surface area (Å²) in [5, 5.41) is 3.88. The maximum atomic E-state index is 11.9. The summed E-state index contributed by atoms with van der Waals surface area (Å²) in [5.41, 5.74) is 2.18. The van der Waals surface area contributed by atoms with Crippen LogP contribution in [0.5, 0.6) is 0 Å². The topological polar surface area (TPSA) is 67.8 Å². The molecular formula is C15H12N4O. The molecule has 0 aliphatic carbocycles. The second-order valence-corrected chi connectivity index (χ2v) is 4.27. The van der Waals surface area contributed by atoms with E-state index in [4.69, 9.17) is 0 Å². The molecule has 20 heavy (non-hydrogen) atoms. The molecule has 0 spiro atoms. The number of hydrogen-bond acceptors (Lipinski definition) is 4. The fourth-order valence-electron chi connectivity index (χ4n) is 1.99. The molecule has 2 heterocycles. The third kappa shape index (κ3) is 2.47. The molecule has 0 aliphatic rings. The van der Waals surface area contributed by atoms with Crippen molar-refractivity contribution in [1.29, 1.82) is 0 Å². The van der Waals surface area contributed by atoms with Crippen LogP contribution in [0.25, 0.3) is 10.9 Å². The quantitative estimate of drug-likeness (QED) is 0.785. The van der Waals surface area contributed by atoms with Gasteiger partial charge < -0.3 is 5.32 Å². The van der Waals surface area contributed by atoms with Crippen LogP contribution in [-0.2, 0) is 6.54 Å². The molecule has 0 radical (unpaired) electrons. The standard InChI is InChI=1S/C15H12N4O/c20-15(13-10-16-7-8-17-13)19-9-12-4-1-3-11-5-2-6-18-14(11)12/h1-8,10H,9H2,(H,19,20). The molecule has 0 fully saturated rings. The summed E-state index contributed by atoms with van der Waals surface area (Å²) >= 11 is 0. The maximum absolute atomic E-state index is 11.9. The summed E-state index contributed by atoms with van der Waals surface area (Å²) in [6.07, 6.45) is 6.22. The van der Waals surface area contributed by atoms with E-state index >= 15 is 0 Å². The third-order valence-corrected chi connectivity index (χ3v) is 2.95. The van der Waals surface area contributed by atoms with Crippen molar-refractivity contribution in [3.63, 3.8) is 0 Å². The Morgan fingerprint density at radius 3 is 2.80 bits per heavy atom. The van der Waals surface area contributed by atoms with Crippen molar-refractivity contribution in [3.05, 3.63) is 66.4 Å². The van der Waals surface area contributed by atoms with Crippen LogP contribution in [-0.4, -0.2) is 20.9 Å². The minimum Gasteiger partial charge on any atom is -0.346 e. The molecule has 0 saturated carbocycles. The lowest BCUT2D eigenvalue weighted by atomic mass is 10.1. The fourth-order valence-corrected chi connectivity index (χ4v) is 1.99. The first-order valence-electron chi connectivity index (χ1n) is 6.21. The first-order chi connectivity index (χ1) is 9.84. The highest BCUT2D eigenvalue weighted by Gasteiger charge is 2.08. The number of nitrogens with one attached hydrogen (secondary N) is 1. The first kappa shape index (κ1) is 12.2. The molecule has 1 aromatic carbocycles. The minimum atomic E-state index is -0.244. The molecule has 3 rings (SSSR count). The van der Waals surface area contributed by atoms with Crippen molar-refractivity contribution in [3.8, 4) is 0 Å². The molecule has 5 heteroatoms. The summed E-state index contributed by atoms with van der Waals surface area (Å²) < 4.78 is 0. The van der Waals surface area contributed by atoms with E-state index in [0.29, 0.717) is 12.2 Å². The van der Waals surface area contributed by atoms with Gasteiger partial charge in [-0.15, -0.1) is 0 Å². The Morgan fingerprint density at radius 1 is 1.05 bits per heavy atom. The Balaban J connectivity index is 1.79. The molecule has 1 amide bonds. The van der Waals surface area contributed by atoms with Gasteiger partial charge in [0.25, 0.3) is 5.91 Å². The second-order valence-electron chi connectivity index (χ2n) is 4.27. The van der Waals surface area contributed by atoms with E-state index in [9.17, 15) is 4.79 Å². The van der Waals surface area contributed by atoms with E-state index < -0.39 is 0 Å². The van der Waals surface area contributed by atoms with Crippen molar-refractivity contribution in [2.45, 2.75) is 6.54 Å². The number of rotatable bonds is 3. The van der Waals surface area contributed by atoms with Gasteiger partial charge in [-0.25, -0.2) is 4.98 Å². The van der Waals surface area contributed by atoms with Gasteiger partial charge in [-0.1, -0.05) is 24.3 Å². The van der Waals surface area contributed by atoms with Gasteiger partial charge in [-0.3, -0.25) is 14.8 Å². The number of fused-ring (bicyclic) bond motifs is 1. The van der Waals surface area contributed by atoms with Gasteiger partial charge in [0.05, 0.1) is 11.7 Å². The molecule has 1 N–H and O–H groups in total. The molecular weight excluding hydrogens is 252 g/mol. The summed E-state index contributed by atoms with van der Waals surface area (Å²) in [5.74, 6) is -0.244. The van der Waals surface area contributed by atoms with E-state index in [0.717, 1.165) is 16.5 Å². The van der Waals surface area contributed by atoms with Crippen LogP contribution >= 0.6 is 0 Å². The largest absolute Gasteiger partial charge is 0.346 e. The molecule has 0 atom stereocenters. The highest BCUT2D eigenvalue weighted by atomic mass is 16.1. The third-order valence-electron chi connectivity index (χ3n) is 2.95. The number of hydrogen-bond donors (Lipinski definition) is 1. The van der Waals surface area contributed by atoms with Crippen LogP contribution in [0, 0.1) is 0 Å². The fraction of sp³-hybridized carbons (Fsp3) is 0.0667. The Morgan fingerprint density at radius 2 is 1.95 bits per heavy atom. The average Bonchev–Trinajstić information content (AvgIpc) is 2.53. The minimum absolute atomic E-state index is 0.244. The van der Waals surface area contributed by atoms with E-state index in [-0.39, 0.29) is 5.91 Å². The Kier molecular flexibility index (Phi) is 3.33. The van der Waals surface area contributed by atoms with Crippen molar-refractivity contribution >= 4 is 16.8 Å². The van der Waals surface area contributed by atoms with Gasteiger partial charge >= 0.3 is 0 Å². The summed E-state index contributed by atoms with van der Waals surface area (Å²) in [6.45, 7) is 0.407. The van der Waals surface area contributed by atoms with Crippen LogP contribution in [0.15, 0.2) is 55.1 Å². The molecule has 5 nitrogen and oxygen atoms in total. The molecule has 0 aliphatic heterocycles. The van der Waals surface area contributed by atoms with Crippen molar-refractivity contribution in [1.82, 2.24) is 20.3 Å². The maximum Gasteiger partial charge on any atom is 0.271 e. The van der Waals surface area contributed by atoms with Crippen molar-refractivity contribution in [2.75, 3.05) is 0 Å². The van der Waals surface area contributed by atoms with Crippen molar-refractivity contribution in [2.24, 2.45) is 0 Å². The number of carbonyl (C=O) groups excluding carboxylic acids is 1. The molecule has 98 valence electrons. The number of amides is 1. The predicted molar refractivity (Wildman–Crippen MR) is 74.9 cm³/mol. The lowest BCUT2D eigenvalue weighted by molar-refractivity contribution is 0.0945. The molecule has 0 saturated heterocycles. The molecule has 0 bridgehead atoms. The number of pyridine rings is 1. The monoisotopic (exact) mass is 264 g/mol. The van der Waals surface area contributed by atoms with Crippen LogP contribution in [0.4, 0.5) is 0 Å². The zero-order valence-corrected chi connectivity index (χ0v) is 10.7. The summed E-state index contributed by atoms with van der Waals surface area (Å²) in [6, 6.07) is 9.79. The Bertz CT molecular complexity index is 738. The first-order valence-corrected chi connectivity index (χ1v) is 6.21. The lowest BCUT2D eigenvalue weighted by Crippen LogP contribution is -2.24. The van der Waals surface area contributed by atoms with Crippen LogP contribution in [0.3, 0.4) is 0 Å². The van der Waals surface area contributed by atoms with Crippen LogP contribution in [0.1, 0.15) is 16.1 Å². The number of aromatic nitrogens is 3. The van der Waals surface area contributed by atoms with Gasteiger partial charge in [-0.05, 0) is 11.6 Å². The van der Waals surface area contributed by atoms with Gasteiger partial charge in [0.1, 0.15) is 5.69 Å². The zero-order valence-electron chi connectivity index (χ0n) is 10.7. The zero-order chi connectivity index (χ0) is 13.8. The van der Waals surface area contributed by atoms with E-state index in [1.807, 2.05) is 30.3 Å². The smallest absolute Gasteiger partial charge is 0.271 e. The van der Waals surface area contributed by atoms with Gasteiger partial charge in [0.15, 0.2) is 0 Å². The summed E-state index contributed by atoms with van der Waals surface area (Å²) in [7, 11) is 0. The number of benzene rings is 1. The molecule has 3 aromatic rings. The van der Waals surface area contributed by atoms with E-state index in [1.165, 1.54) is 18.6 Å². The average molecular weight is 264 g/mol. The Labute approximate surface area is 115 Å². The highest BCUT2D eigenvalue weighted by molar-refractivity contribution is 5.92. The van der Waals surface area contributed by atoms with E-state index in [2.05, 4.69) is 20.3 Å². The number of nitrogens with zero attached hydrogens (tertiary/aromatic N) is 3. The SMILES string of the molecule is O=C(NCc1cccc2cccnc12)c1cnccn1. The molecule has 2 aromatic heterocycles. The lowest BCUT2D eigenvalue weighted by Gasteiger charge is -2.07. The number of carbonyl (C=O) groups is 1. The van der Waals surface area contributed by atoms with Crippen LogP contribution in [0.2, 0.25) is 0 Å². The van der Waals surface area contributed by atoms with Gasteiger partial charge in [0, 0.05) is 30.5 Å². The van der Waals surface area contributed by atoms with Gasteiger partial charge in [0.2, 0.25) is 0 Å². The normalized spacial score (nSPS) is 10.4. The number of para-hydroxylation sites is 1. The summed E-state index contributed by atoms with van der Waals surface area (Å²) in [4.78, 5) is 24.1. The Hall–Kier alpha value is -2.82. The highest BCUT2D eigenvalue weighted by Crippen LogP contribution is 2.15. The van der Waals surface area contributed by atoms with Gasteiger partial charge in [-0.2, -0.15) is 0 Å². The second kappa shape index (κ2) is 5.44. The predicted octanol–water partition coefficient (Wildman–Crippen LogP) is 1.95. The van der Waals surface area contributed by atoms with Crippen LogP contribution < -0.4 is 5.32 Å². The molecule has 0 unspecified atom stereocenters. The van der Waals surface area contributed by atoms with Crippen molar-refractivity contribution < 1.29 is 4.79 Å². The van der Waals surface area contributed by atoms with E-state index in [1.54, 1.807) is 6.20 Å².